The number of methoxy groups -OCH3 is 1. The number of carbonyl (C=O) groups is 2. The van der Waals surface area contributed by atoms with Gasteiger partial charge in [0.05, 0.1) is 7.11 Å². The van der Waals surface area contributed by atoms with Crippen molar-refractivity contribution in [3.63, 3.8) is 0 Å². The van der Waals surface area contributed by atoms with Crippen molar-refractivity contribution >= 4 is 22.3 Å². The standard InChI is InChI=1S/C24H18O5/c1-27-14-7-5-13(6-8-14)15-9-10-17-21-16(15)3-2-4-18(21)24(22(17)26)23-19(25)11-12-20(28-23)29-24/h2-10,20,23H,11-12H2,1H3/t20?,23?,24-/m1/s1. The minimum Gasteiger partial charge on any atom is -0.497 e. The van der Waals surface area contributed by atoms with Crippen LogP contribution in [0.15, 0.2) is 54.6 Å². The van der Waals surface area contributed by atoms with Crippen LogP contribution >= 0.6 is 0 Å². The van der Waals surface area contributed by atoms with E-state index in [1.54, 1.807) is 7.11 Å². The van der Waals surface area contributed by atoms with Crippen LogP contribution in [-0.2, 0) is 19.9 Å². The van der Waals surface area contributed by atoms with Crippen molar-refractivity contribution in [3.8, 4) is 16.9 Å². The number of hydrogen-bond acceptors (Lipinski definition) is 5. The second-order valence-corrected chi connectivity index (χ2v) is 7.75. The van der Waals surface area contributed by atoms with E-state index in [4.69, 9.17) is 14.2 Å². The maximum atomic E-state index is 13.5. The Morgan fingerprint density at radius 1 is 1.00 bits per heavy atom. The minimum atomic E-state index is -1.35. The van der Waals surface area contributed by atoms with Crippen LogP contribution in [0.1, 0.15) is 28.8 Å². The fraction of sp³-hybridized carbons (Fsp3) is 0.250. The molecule has 1 aliphatic carbocycles. The number of Topliss-reactive ketones (excluding diaryl/α,β-unsaturated/α-hetero) is 2. The van der Waals surface area contributed by atoms with Gasteiger partial charge in [-0.05, 0) is 34.0 Å². The van der Waals surface area contributed by atoms with Gasteiger partial charge in [-0.3, -0.25) is 9.59 Å². The van der Waals surface area contributed by atoms with E-state index in [2.05, 4.69) is 0 Å². The van der Waals surface area contributed by atoms with Gasteiger partial charge in [0.2, 0.25) is 5.78 Å². The Labute approximate surface area is 167 Å². The molecule has 0 aromatic heterocycles. The molecule has 2 saturated heterocycles. The van der Waals surface area contributed by atoms with Gasteiger partial charge in [0.15, 0.2) is 23.8 Å². The Hall–Kier alpha value is -3.02. The first-order valence-corrected chi connectivity index (χ1v) is 9.75. The van der Waals surface area contributed by atoms with Gasteiger partial charge in [-0.2, -0.15) is 0 Å². The van der Waals surface area contributed by atoms with Crippen LogP contribution in [-0.4, -0.2) is 31.1 Å². The summed E-state index contributed by atoms with van der Waals surface area (Å²) in [6, 6.07) is 17.5. The number of ketones is 2. The minimum absolute atomic E-state index is 0.0627. The van der Waals surface area contributed by atoms with E-state index in [0.29, 0.717) is 18.4 Å². The van der Waals surface area contributed by atoms with Gasteiger partial charge >= 0.3 is 0 Å². The molecule has 2 fully saturated rings. The van der Waals surface area contributed by atoms with E-state index in [9.17, 15) is 9.59 Å². The molecule has 0 saturated carbocycles. The summed E-state index contributed by atoms with van der Waals surface area (Å²) in [5.74, 6) is 0.552. The van der Waals surface area contributed by atoms with Crippen molar-refractivity contribution in [1.29, 1.82) is 0 Å². The molecule has 2 unspecified atom stereocenters. The Morgan fingerprint density at radius 3 is 2.59 bits per heavy atom. The van der Waals surface area contributed by atoms with Crippen LogP contribution in [0, 0.1) is 0 Å². The number of hydrogen-bond donors (Lipinski definition) is 0. The molecule has 3 atom stereocenters. The maximum Gasteiger partial charge on any atom is 0.203 e. The molecular weight excluding hydrogens is 368 g/mol. The van der Waals surface area contributed by atoms with Crippen molar-refractivity contribution in [2.45, 2.75) is 30.8 Å². The summed E-state index contributed by atoms with van der Waals surface area (Å²) < 4.78 is 17.2. The highest BCUT2D eigenvalue weighted by molar-refractivity contribution is 6.23. The summed E-state index contributed by atoms with van der Waals surface area (Å²) in [6.45, 7) is 0. The molecule has 3 aromatic carbocycles. The van der Waals surface area contributed by atoms with E-state index >= 15 is 0 Å². The fourth-order valence-electron chi connectivity index (χ4n) is 4.99. The average Bonchev–Trinajstić information content (AvgIpc) is 3.21. The Balaban J connectivity index is 1.60. The topological polar surface area (TPSA) is 61.8 Å². The maximum absolute atomic E-state index is 13.5. The van der Waals surface area contributed by atoms with Crippen LogP contribution in [0.5, 0.6) is 5.75 Å². The summed E-state index contributed by atoms with van der Waals surface area (Å²) in [4.78, 5) is 26.2. The second kappa shape index (κ2) is 5.75. The normalized spacial score (nSPS) is 27.2. The highest BCUT2D eigenvalue weighted by atomic mass is 16.7. The van der Waals surface area contributed by atoms with E-state index < -0.39 is 18.0 Å². The summed E-state index contributed by atoms with van der Waals surface area (Å²) >= 11 is 0. The van der Waals surface area contributed by atoms with Crippen LogP contribution < -0.4 is 4.74 Å². The Bertz CT molecular complexity index is 1200. The lowest BCUT2D eigenvalue weighted by atomic mass is 9.84. The first kappa shape index (κ1) is 16.9. The lowest BCUT2D eigenvalue weighted by Gasteiger charge is -2.26. The highest BCUT2D eigenvalue weighted by Gasteiger charge is 2.64. The SMILES string of the molecule is COc1ccc(-c2ccc3c4c(cccc24)[C@@]2(OC4CCC(=O)C2O4)C3=O)cc1. The zero-order chi connectivity index (χ0) is 19.8. The molecule has 2 aliphatic heterocycles. The molecule has 2 heterocycles. The van der Waals surface area contributed by atoms with Gasteiger partial charge < -0.3 is 14.2 Å². The van der Waals surface area contributed by atoms with E-state index in [0.717, 1.165) is 33.2 Å². The number of benzene rings is 3. The number of rotatable bonds is 2. The molecule has 0 amide bonds. The predicted molar refractivity (Wildman–Crippen MR) is 106 cm³/mol. The van der Waals surface area contributed by atoms with Gasteiger partial charge in [-0.25, -0.2) is 0 Å². The van der Waals surface area contributed by atoms with Crippen molar-refractivity contribution in [2.75, 3.05) is 7.11 Å². The predicted octanol–water partition coefficient (Wildman–Crippen LogP) is 4.01. The molecule has 1 spiro atoms. The number of carbonyl (C=O) groups excluding carboxylic acids is 2. The molecule has 6 rings (SSSR count). The lowest BCUT2D eigenvalue weighted by molar-refractivity contribution is -0.141. The molecular formula is C24H18O5. The summed E-state index contributed by atoms with van der Waals surface area (Å²) in [7, 11) is 1.64. The van der Waals surface area contributed by atoms with E-state index in [1.807, 2.05) is 54.6 Å². The second-order valence-electron chi connectivity index (χ2n) is 7.75. The quantitative estimate of drug-likeness (QED) is 0.666. The Kier molecular flexibility index (Phi) is 3.35. The average molecular weight is 386 g/mol. The van der Waals surface area contributed by atoms with Crippen molar-refractivity contribution in [2.24, 2.45) is 0 Å². The van der Waals surface area contributed by atoms with Gasteiger partial charge in [0.1, 0.15) is 5.75 Å². The van der Waals surface area contributed by atoms with Crippen molar-refractivity contribution in [1.82, 2.24) is 0 Å². The molecule has 2 bridgehead atoms. The van der Waals surface area contributed by atoms with Crippen LogP contribution in [0.3, 0.4) is 0 Å². The summed E-state index contributed by atoms with van der Waals surface area (Å²) in [6.07, 6.45) is -0.495. The third-order valence-corrected chi connectivity index (χ3v) is 6.32. The van der Waals surface area contributed by atoms with Gasteiger partial charge in [0, 0.05) is 24.0 Å². The molecule has 0 N–H and O–H groups in total. The lowest BCUT2D eigenvalue weighted by Crippen LogP contribution is -2.46. The summed E-state index contributed by atoms with van der Waals surface area (Å²) in [5, 5.41) is 1.82. The van der Waals surface area contributed by atoms with Gasteiger partial charge in [-0.1, -0.05) is 42.5 Å². The van der Waals surface area contributed by atoms with Gasteiger partial charge in [-0.15, -0.1) is 0 Å². The van der Waals surface area contributed by atoms with Crippen molar-refractivity contribution in [3.05, 3.63) is 65.7 Å². The first-order chi connectivity index (χ1) is 14.1. The van der Waals surface area contributed by atoms with E-state index in [1.165, 1.54) is 0 Å². The Morgan fingerprint density at radius 2 is 1.79 bits per heavy atom. The van der Waals surface area contributed by atoms with Crippen molar-refractivity contribution < 1.29 is 23.8 Å². The molecule has 29 heavy (non-hydrogen) atoms. The molecule has 5 nitrogen and oxygen atoms in total. The molecule has 5 heteroatoms. The third-order valence-electron chi connectivity index (χ3n) is 6.32. The summed E-state index contributed by atoms with van der Waals surface area (Å²) in [5.41, 5.74) is 2.04. The van der Waals surface area contributed by atoms with Crippen LogP contribution in [0.25, 0.3) is 21.9 Å². The molecule has 144 valence electrons. The van der Waals surface area contributed by atoms with E-state index in [-0.39, 0.29) is 11.6 Å². The van der Waals surface area contributed by atoms with Crippen LogP contribution in [0.2, 0.25) is 0 Å². The largest absolute Gasteiger partial charge is 0.497 e. The first-order valence-electron chi connectivity index (χ1n) is 9.75. The zero-order valence-corrected chi connectivity index (χ0v) is 15.8. The number of ether oxygens (including phenoxy) is 3. The molecule has 3 aromatic rings. The molecule has 3 aliphatic rings. The monoisotopic (exact) mass is 386 g/mol. The van der Waals surface area contributed by atoms with Crippen LogP contribution in [0.4, 0.5) is 0 Å². The fourth-order valence-corrected chi connectivity index (χ4v) is 4.99. The van der Waals surface area contributed by atoms with Gasteiger partial charge in [0.25, 0.3) is 0 Å². The molecule has 0 radical (unpaired) electrons. The smallest absolute Gasteiger partial charge is 0.203 e. The zero-order valence-electron chi connectivity index (χ0n) is 15.8. The highest BCUT2D eigenvalue weighted by Crippen LogP contribution is 2.53. The third kappa shape index (κ3) is 2.06. The number of fused-ring (bicyclic) bond motifs is 4.